The van der Waals surface area contributed by atoms with Crippen molar-refractivity contribution in [2.75, 3.05) is 62.5 Å². The van der Waals surface area contributed by atoms with Crippen molar-refractivity contribution < 1.29 is 112 Å². The molecule has 2 aliphatic heterocycles. The summed E-state index contributed by atoms with van der Waals surface area (Å²) in [6.07, 6.45) is -8.65. The Balaban J connectivity index is 1.36. The largest absolute Gasteiger partial charge is 0.502 e. The Morgan fingerprint density at radius 3 is 1.28 bits per heavy atom. The fraction of sp³-hybridized carbons (Fsp3) is 0.400. The second kappa shape index (κ2) is 23.3. The van der Waals surface area contributed by atoms with Gasteiger partial charge >= 0.3 is 17.9 Å². The van der Waals surface area contributed by atoms with Crippen LogP contribution in [0.3, 0.4) is 0 Å². The summed E-state index contributed by atoms with van der Waals surface area (Å²) < 4.78 is 64.4. The van der Waals surface area contributed by atoms with Crippen LogP contribution in [-0.4, -0.2) is 176 Å². The van der Waals surface area contributed by atoms with E-state index in [4.69, 9.17) is 56.8 Å². The van der Waals surface area contributed by atoms with Crippen molar-refractivity contribution >= 4 is 36.1 Å². The number of esters is 3. The SMILES string of the molecule is COc1cc(/C=C/C(=O)OC[C@H]2O[C@@](CO)(O[C@H]3O[C@H](COC(=O)/C=C/c4cc(OC)c(O)c(OC)c4)[C@@H](O)[C@H](O)[C@H]3O)[C@@H](OC(=O)/C=C/c3cc(OC)c(O)c(OC)c3)[C@@H]2O)cc(OC)c1O. The molecule has 9 atom stereocenters. The van der Waals surface area contributed by atoms with E-state index in [0.29, 0.717) is 11.1 Å². The summed E-state index contributed by atoms with van der Waals surface area (Å²) in [4.78, 5) is 39.0. The van der Waals surface area contributed by atoms with E-state index < -0.39 is 92.5 Å². The minimum atomic E-state index is -2.66. The minimum absolute atomic E-state index is 0.00140. The number of carbonyl (C=O) groups is 3. The van der Waals surface area contributed by atoms with Crippen molar-refractivity contribution in [2.24, 2.45) is 0 Å². The van der Waals surface area contributed by atoms with Crippen LogP contribution in [0.5, 0.6) is 51.7 Å². The summed E-state index contributed by atoms with van der Waals surface area (Å²) in [5.41, 5.74) is 0.981. The van der Waals surface area contributed by atoms with Gasteiger partial charge in [-0.1, -0.05) is 0 Å². The number of rotatable bonds is 20. The van der Waals surface area contributed by atoms with E-state index in [1.807, 2.05) is 0 Å². The third kappa shape index (κ3) is 12.0. The molecule has 0 aromatic heterocycles. The molecule has 0 spiro atoms. The van der Waals surface area contributed by atoms with E-state index in [1.54, 1.807) is 0 Å². The average molecular weight is 961 g/mol. The zero-order valence-electron chi connectivity index (χ0n) is 37.4. The fourth-order valence-electron chi connectivity index (χ4n) is 6.86. The highest BCUT2D eigenvalue weighted by Crippen LogP contribution is 2.41. The maximum Gasteiger partial charge on any atom is 0.331 e. The number of benzene rings is 3. The van der Waals surface area contributed by atoms with E-state index >= 15 is 0 Å². The van der Waals surface area contributed by atoms with Crippen LogP contribution < -0.4 is 28.4 Å². The standard InChI is InChI=1S/C45H52O23/c1-57-25-13-22(14-26(58-2)36(25)50)7-10-33(47)63-19-31-39(53)41(55)42(56)44(65-31)68-45(21-46)43(66-35(49)12-9-24-17-29(61-5)38(52)30(18-24)62-6)40(54)32(67-45)20-64-34(48)11-8-23-15-27(59-3)37(51)28(16-23)60-4/h7-18,31-32,39-44,46,50-56H,19-21H2,1-6H3/b10-7+,11-8+,12-9+/t31-,32-,39-,40-,41+,42-,43+,44-,45+/m1/s1. The molecule has 2 heterocycles. The van der Waals surface area contributed by atoms with E-state index in [9.17, 15) is 55.2 Å². The Hall–Kier alpha value is -6.83. The molecule has 0 saturated carbocycles. The van der Waals surface area contributed by atoms with Gasteiger partial charge in [-0.05, 0) is 71.3 Å². The van der Waals surface area contributed by atoms with Crippen LogP contribution in [0.15, 0.2) is 54.6 Å². The van der Waals surface area contributed by atoms with Crippen molar-refractivity contribution in [3.05, 3.63) is 71.3 Å². The molecule has 0 radical (unpaired) electrons. The molecule has 23 heteroatoms. The Morgan fingerprint density at radius 2 is 0.912 bits per heavy atom. The predicted molar refractivity (Wildman–Crippen MR) is 231 cm³/mol. The lowest BCUT2D eigenvalue weighted by atomic mass is 9.98. The molecule has 3 aromatic carbocycles. The zero-order chi connectivity index (χ0) is 49.9. The van der Waals surface area contributed by atoms with Gasteiger partial charge in [-0.25, -0.2) is 14.4 Å². The molecular weight excluding hydrogens is 908 g/mol. The number of methoxy groups -OCH3 is 6. The Morgan fingerprint density at radius 1 is 0.544 bits per heavy atom. The first-order chi connectivity index (χ1) is 32.5. The Bertz CT molecular complexity index is 2270. The summed E-state index contributed by atoms with van der Waals surface area (Å²) in [5.74, 6) is -6.48. The van der Waals surface area contributed by atoms with Gasteiger partial charge in [0.05, 0.1) is 42.7 Å². The minimum Gasteiger partial charge on any atom is -0.502 e. The normalized spacial score (nSPS) is 24.8. The summed E-state index contributed by atoms with van der Waals surface area (Å²) in [7, 11) is 7.82. The summed E-state index contributed by atoms with van der Waals surface area (Å²) in [6, 6.07) is 8.33. The van der Waals surface area contributed by atoms with Gasteiger partial charge in [-0.15, -0.1) is 0 Å². The molecule has 3 aromatic rings. The zero-order valence-corrected chi connectivity index (χ0v) is 37.4. The van der Waals surface area contributed by atoms with Crippen LogP contribution in [0.25, 0.3) is 18.2 Å². The molecule has 5 rings (SSSR count). The first-order valence-corrected chi connectivity index (χ1v) is 20.2. The number of aromatic hydroxyl groups is 3. The molecule has 68 heavy (non-hydrogen) atoms. The second-order valence-electron chi connectivity index (χ2n) is 14.7. The fourth-order valence-corrected chi connectivity index (χ4v) is 6.86. The lowest BCUT2D eigenvalue weighted by molar-refractivity contribution is -0.383. The van der Waals surface area contributed by atoms with Crippen LogP contribution in [0.2, 0.25) is 0 Å². The molecular formula is C45H52O23. The monoisotopic (exact) mass is 960 g/mol. The number of carbonyl (C=O) groups excluding carboxylic acids is 3. The van der Waals surface area contributed by atoms with Crippen molar-refractivity contribution in [3.63, 3.8) is 0 Å². The highest BCUT2D eigenvalue weighted by molar-refractivity contribution is 5.89. The summed E-state index contributed by atoms with van der Waals surface area (Å²) in [6.45, 7) is -2.77. The van der Waals surface area contributed by atoms with Gasteiger partial charge in [0.25, 0.3) is 0 Å². The van der Waals surface area contributed by atoms with Crippen molar-refractivity contribution in [3.8, 4) is 51.7 Å². The Labute approximate surface area is 388 Å². The van der Waals surface area contributed by atoms with Crippen LogP contribution in [0.4, 0.5) is 0 Å². The average Bonchev–Trinajstić information content (AvgIpc) is 3.60. The van der Waals surface area contributed by atoms with Crippen LogP contribution in [0, 0.1) is 0 Å². The molecule has 2 saturated heterocycles. The molecule has 0 unspecified atom stereocenters. The van der Waals surface area contributed by atoms with Gasteiger partial charge < -0.3 is 97.7 Å². The predicted octanol–water partition coefficient (Wildman–Crippen LogP) is 0.566. The maximum atomic E-state index is 13.4. The van der Waals surface area contributed by atoms with E-state index in [1.165, 1.54) is 97.3 Å². The number of hydrogen-bond donors (Lipinski definition) is 8. The smallest absolute Gasteiger partial charge is 0.331 e. The second-order valence-corrected chi connectivity index (χ2v) is 14.7. The Kier molecular flexibility index (Phi) is 17.8. The lowest BCUT2D eigenvalue weighted by Crippen LogP contribution is -2.63. The van der Waals surface area contributed by atoms with Crippen LogP contribution in [0.1, 0.15) is 16.7 Å². The van der Waals surface area contributed by atoms with Crippen molar-refractivity contribution in [2.45, 2.75) is 54.8 Å². The van der Waals surface area contributed by atoms with E-state index in [2.05, 4.69) is 0 Å². The molecule has 8 N–H and O–H groups in total. The molecule has 2 fully saturated rings. The van der Waals surface area contributed by atoms with Crippen LogP contribution >= 0.6 is 0 Å². The quantitative estimate of drug-likeness (QED) is 0.0436. The van der Waals surface area contributed by atoms with Crippen molar-refractivity contribution in [1.29, 1.82) is 0 Å². The molecule has 23 nitrogen and oxygen atoms in total. The number of hydrogen-bond acceptors (Lipinski definition) is 23. The molecule has 0 aliphatic carbocycles. The van der Waals surface area contributed by atoms with Crippen LogP contribution in [-0.2, 0) is 42.8 Å². The number of phenolic OH excluding ortho intramolecular Hbond substituents is 3. The first kappa shape index (κ1) is 52.1. The van der Waals surface area contributed by atoms with E-state index in [-0.39, 0.29) is 57.3 Å². The number of phenols is 3. The lowest BCUT2D eigenvalue weighted by Gasteiger charge is -2.43. The number of ether oxygens (including phenoxy) is 12. The highest BCUT2D eigenvalue weighted by atomic mass is 16.8. The summed E-state index contributed by atoms with van der Waals surface area (Å²) >= 11 is 0. The van der Waals surface area contributed by atoms with Gasteiger partial charge in [-0.2, -0.15) is 0 Å². The number of aliphatic hydroxyl groups excluding tert-OH is 5. The molecule has 370 valence electrons. The van der Waals surface area contributed by atoms with Gasteiger partial charge in [-0.3, -0.25) is 0 Å². The van der Waals surface area contributed by atoms with Crippen molar-refractivity contribution in [1.82, 2.24) is 0 Å². The third-order valence-electron chi connectivity index (χ3n) is 10.4. The molecule has 0 amide bonds. The van der Waals surface area contributed by atoms with Gasteiger partial charge in [0.2, 0.25) is 23.0 Å². The molecule has 2 aliphatic rings. The topological polar surface area (TPSA) is 324 Å². The third-order valence-corrected chi connectivity index (χ3v) is 10.4. The summed E-state index contributed by atoms with van der Waals surface area (Å²) in [5, 5.41) is 85.8. The highest BCUT2D eigenvalue weighted by Gasteiger charge is 2.61. The van der Waals surface area contributed by atoms with Gasteiger partial charge in [0.1, 0.15) is 56.4 Å². The van der Waals surface area contributed by atoms with Gasteiger partial charge in [0, 0.05) is 18.2 Å². The van der Waals surface area contributed by atoms with Gasteiger partial charge in [0.15, 0.2) is 46.9 Å². The molecule has 0 bridgehead atoms. The maximum absolute atomic E-state index is 13.4. The first-order valence-electron chi connectivity index (χ1n) is 20.2. The number of aliphatic hydroxyl groups is 5. The van der Waals surface area contributed by atoms with E-state index in [0.717, 1.165) is 18.2 Å².